The molecule has 6 heteroatoms. The zero-order valence-electron chi connectivity index (χ0n) is 10.3. The predicted octanol–water partition coefficient (Wildman–Crippen LogP) is 0.713. The number of nitrogens with zero attached hydrogens (tertiary/aromatic N) is 1. The van der Waals surface area contributed by atoms with Crippen molar-refractivity contribution in [1.29, 1.82) is 0 Å². The molecular formula is C12H16N2O3S. The molecule has 0 spiro atoms. The number of nitrogens with two attached hydrogens (primary N) is 1. The van der Waals surface area contributed by atoms with E-state index in [-0.39, 0.29) is 6.54 Å². The van der Waals surface area contributed by atoms with Crippen LogP contribution in [0.1, 0.15) is 11.1 Å². The van der Waals surface area contributed by atoms with Crippen LogP contribution < -0.4 is 5.73 Å². The van der Waals surface area contributed by atoms with Gasteiger partial charge in [0.15, 0.2) is 0 Å². The Balaban J connectivity index is 2.82. The van der Waals surface area contributed by atoms with Crippen molar-refractivity contribution in [3.8, 4) is 0 Å². The molecule has 0 heterocycles. The van der Waals surface area contributed by atoms with Crippen LogP contribution in [-0.2, 0) is 14.8 Å². The number of carbonyl (C=O) groups excluding carboxylic acids is 1. The molecule has 1 aromatic carbocycles. The van der Waals surface area contributed by atoms with Crippen molar-refractivity contribution in [3.05, 3.63) is 40.8 Å². The molecule has 5 nitrogen and oxygen atoms in total. The molecule has 0 aromatic heterocycles. The molecule has 0 fully saturated rings. The van der Waals surface area contributed by atoms with Crippen LogP contribution in [0.5, 0.6) is 0 Å². The Morgan fingerprint density at radius 2 is 1.89 bits per heavy atom. The minimum Gasteiger partial charge on any atom is -0.369 e. The molecule has 18 heavy (non-hydrogen) atoms. The van der Waals surface area contributed by atoms with E-state index in [1.807, 2.05) is 31.2 Å². The van der Waals surface area contributed by atoms with E-state index in [0.29, 0.717) is 0 Å². The molecule has 0 saturated heterocycles. The van der Waals surface area contributed by atoms with Gasteiger partial charge in [0.25, 0.3) is 0 Å². The summed E-state index contributed by atoms with van der Waals surface area (Å²) in [6.07, 6.45) is 1.48. The lowest BCUT2D eigenvalue weighted by Crippen LogP contribution is -2.34. The topological polar surface area (TPSA) is 80.5 Å². The average Bonchev–Trinajstić information content (AvgIpc) is 2.27. The van der Waals surface area contributed by atoms with Crippen LogP contribution in [0.4, 0.5) is 0 Å². The molecule has 0 bridgehead atoms. The van der Waals surface area contributed by atoms with Gasteiger partial charge in [-0.2, -0.15) is 4.31 Å². The third-order valence-electron chi connectivity index (χ3n) is 2.32. The van der Waals surface area contributed by atoms with Crippen molar-refractivity contribution in [2.75, 3.05) is 13.6 Å². The maximum atomic E-state index is 11.7. The minimum absolute atomic E-state index is 0.333. The number of rotatable bonds is 5. The van der Waals surface area contributed by atoms with Crippen LogP contribution in [0.25, 0.3) is 6.08 Å². The van der Waals surface area contributed by atoms with Gasteiger partial charge >= 0.3 is 0 Å². The summed E-state index contributed by atoms with van der Waals surface area (Å²) in [5, 5.41) is 1.06. The van der Waals surface area contributed by atoms with E-state index in [0.717, 1.165) is 20.8 Å². The van der Waals surface area contributed by atoms with Crippen LogP contribution in [0, 0.1) is 6.92 Å². The summed E-state index contributed by atoms with van der Waals surface area (Å²) < 4.78 is 24.4. The Hall–Kier alpha value is -1.66. The Bertz CT molecular complexity index is 547. The van der Waals surface area contributed by atoms with Crippen LogP contribution in [0.3, 0.4) is 0 Å². The van der Waals surface area contributed by atoms with E-state index in [2.05, 4.69) is 0 Å². The van der Waals surface area contributed by atoms with Crippen molar-refractivity contribution in [3.63, 3.8) is 0 Å². The summed E-state index contributed by atoms with van der Waals surface area (Å²) in [6, 6.07) is 7.41. The highest BCUT2D eigenvalue weighted by Gasteiger charge is 2.15. The molecule has 0 atom stereocenters. The number of aryl methyl sites for hydroxylation is 1. The molecule has 0 radical (unpaired) electrons. The largest absolute Gasteiger partial charge is 0.369 e. The van der Waals surface area contributed by atoms with Gasteiger partial charge in [-0.05, 0) is 18.6 Å². The van der Waals surface area contributed by atoms with Gasteiger partial charge in [-0.1, -0.05) is 29.8 Å². The van der Waals surface area contributed by atoms with Gasteiger partial charge in [0.2, 0.25) is 15.9 Å². The Labute approximate surface area is 107 Å². The van der Waals surface area contributed by atoms with E-state index in [1.54, 1.807) is 0 Å². The predicted molar refractivity (Wildman–Crippen MR) is 71.0 cm³/mol. The summed E-state index contributed by atoms with van der Waals surface area (Å²) >= 11 is 0. The van der Waals surface area contributed by atoms with Crippen molar-refractivity contribution in [1.82, 2.24) is 4.31 Å². The van der Waals surface area contributed by atoms with Gasteiger partial charge in [0.05, 0.1) is 6.54 Å². The lowest BCUT2D eigenvalue weighted by atomic mass is 10.2. The normalized spacial score (nSPS) is 12.2. The average molecular weight is 268 g/mol. The Morgan fingerprint density at radius 1 is 1.33 bits per heavy atom. The third kappa shape index (κ3) is 4.31. The molecule has 1 aromatic rings. The summed E-state index contributed by atoms with van der Waals surface area (Å²) in [7, 11) is -2.31. The number of carbonyl (C=O) groups is 1. The second kappa shape index (κ2) is 5.79. The van der Waals surface area contributed by atoms with Crippen molar-refractivity contribution in [2.45, 2.75) is 6.92 Å². The number of sulfonamides is 1. The highest BCUT2D eigenvalue weighted by Crippen LogP contribution is 2.08. The maximum absolute atomic E-state index is 11.7. The monoisotopic (exact) mass is 268 g/mol. The van der Waals surface area contributed by atoms with E-state index in [4.69, 9.17) is 5.73 Å². The lowest BCUT2D eigenvalue weighted by Gasteiger charge is -2.11. The fourth-order valence-corrected chi connectivity index (χ4v) is 2.10. The third-order valence-corrected chi connectivity index (χ3v) is 3.80. The van der Waals surface area contributed by atoms with Gasteiger partial charge in [-0.25, -0.2) is 8.42 Å². The van der Waals surface area contributed by atoms with E-state index in [1.165, 1.54) is 13.1 Å². The number of likely N-dealkylation sites (N-methyl/N-ethyl adjacent to an activating group) is 1. The summed E-state index contributed by atoms with van der Waals surface area (Å²) in [6.45, 7) is 1.62. The number of hydrogen-bond donors (Lipinski definition) is 1. The Kier molecular flexibility index (Phi) is 4.63. The molecule has 0 aliphatic rings. The SMILES string of the molecule is Cc1ccc(/C=C\S(=O)(=O)N(C)CC(N)=O)cc1. The number of benzene rings is 1. The number of amides is 1. The van der Waals surface area contributed by atoms with Crippen LogP contribution in [0.15, 0.2) is 29.7 Å². The molecule has 98 valence electrons. The highest BCUT2D eigenvalue weighted by molar-refractivity contribution is 7.92. The summed E-state index contributed by atoms with van der Waals surface area (Å²) in [4.78, 5) is 10.7. The zero-order valence-corrected chi connectivity index (χ0v) is 11.1. The molecule has 0 aliphatic carbocycles. The van der Waals surface area contributed by atoms with E-state index < -0.39 is 15.9 Å². The van der Waals surface area contributed by atoms with Crippen LogP contribution in [-0.4, -0.2) is 32.2 Å². The van der Waals surface area contributed by atoms with E-state index >= 15 is 0 Å². The van der Waals surface area contributed by atoms with Crippen molar-refractivity contribution >= 4 is 22.0 Å². The lowest BCUT2D eigenvalue weighted by molar-refractivity contribution is -0.118. The molecule has 0 saturated carbocycles. The van der Waals surface area contributed by atoms with Crippen LogP contribution in [0.2, 0.25) is 0 Å². The highest BCUT2D eigenvalue weighted by atomic mass is 32.2. The molecular weight excluding hydrogens is 252 g/mol. The standard InChI is InChI=1S/C12H16N2O3S/c1-10-3-5-11(6-4-10)7-8-18(16,17)14(2)9-12(13)15/h3-8H,9H2,1-2H3,(H2,13,15)/b8-7-. The first kappa shape index (κ1) is 14.4. The second-order valence-electron chi connectivity index (χ2n) is 3.98. The maximum Gasteiger partial charge on any atom is 0.236 e. The number of primary amides is 1. The first-order chi connectivity index (χ1) is 8.31. The van der Waals surface area contributed by atoms with Gasteiger partial charge in [0.1, 0.15) is 0 Å². The summed E-state index contributed by atoms with van der Waals surface area (Å²) in [5.74, 6) is -0.690. The second-order valence-corrected chi connectivity index (χ2v) is 5.91. The van der Waals surface area contributed by atoms with Crippen molar-refractivity contribution in [2.24, 2.45) is 5.73 Å². The zero-order chi connectivity index (χ0) is 13.8. The smallest absolute Gasteiger partial charge is 0.236 e. The Morgan fingerprint density at radius 3 is 2.39 bits per heavy atom. The van der Waals surface area contributed by atoms with Gasteiger partial charge in [0, 0.05) is 12.5 Å². The van der Waals surface area contributed by atoms with E-state index in [9.17, 15) is 13.2 Å². The fraction of sp³-hybridized carbons (Fsp3) is 0.250. The molecule has 0 unspecified atom stereocenters. The first-order valence-electron chi connectivity index (χ1n) is 5.30. The molecule has 2 N–H and O–H groups in total. The molecule has 1 amide bonds. The molecule has 1 rings (SSSR count). The van der Waals surface area contributed by atoms with Crippen LogP contribution >= 0.6 is 0 Å². The first-order valence-corrected chi connectivity index (χ1v) is 6.81. The van der Waals surface area contributed by atoms with Gasteiger partial charge < -0.3 is 5.73 Å². The van der Waals surface area contributed by atoms with Gasteiger partial charge in [-0.3, -0.25) is 4.79 Å². The van der Waals surface area contributed by atoms with Crippen molar-refractivity contribution < 1.29 is 13.2 Å². The van der Waals surface area contributed by atoms with Gasteiger partial charge in [-0.15, -0.1) is 0 Å². The summed E-state index contributed by atoms with van der Waals surface area (Å²) in [5.41, 5.74) is 6.82. The number of hydrogen-bond acceptors (Lipinski definition) is 3. The fourth-order valence-electron chi connectivity index (χ4n) is 1.26. The minimum atomic E-state index is -3.61. The quantitative estimate of drug-likeness (QED) is 0.854. The molecule has 0 aliphatic heterocycles.